The second-order valence-electron chi connectivity index (χ2n) is 8.95. The molecule has 3 aromatic carbocycles. The van der Waals surface area contributed by atoms with Gasteiger partial charge in [-0.1, -0.05) is 72.8 Å². The van der Waals surface area contributed by atoms with Crippen molar-refractivity contribution < 1.29 is 9.53 Å². The lowest BCUT2D eigenvalue weighted by atomic mass is 10.1. The molecular formula is C29H30N4O2. The van der Waals surface area contributed by atoms with Gasteiger partial charge in [-0.2, -0.15) is 5.10 Å². The highest BCUT2D eigenvalue weighted by Crippen LogP contribution is 2.31. The quantitative estimate of drug-likeness (QED) is 0.412. The van der Waals surface area contributed by atoms with E-state index in [-0.39, 0.29) is 11.9 Å². The minimum atomic E-state index is -0.100. The lowest BCUT2D eigenvalue weighted by molar-refractivity contribution is 0.0938. The first-order valence-electron chi connectivity index (χ1n) is 12.0. The van der Waals surface area contributed by atoms with Crippen LogP contribution in [0.25, 0.3) is 11.3 Å². The summed E-state index contributed by atoms with van der Waals surface area (Å²) in [5.41, 5.74) is 4.42. The molecule has 6 heteroatoms. The number of carbonyl (C=O) groups is 1. The number of ether oxygens (including phenoxy) is 1. The van der Waals surface area contributed by atoms with E-state index in [4.69, 9.17) is 9.84 Å². The number of nitrogens with one attached hydrogen (secondary N) is 1. The standard InChI is InChI=1S/C29H30N4O2/c1-35-27-15-9-8-14-25(27)28-26(21-33(31-28)19-23-12-6-3-7-13-23)29(34)30-24-16-17-32(20-24)18-22-10-4-2-5-11-22/h2-15,21,24H,16-20H2,1H3,(H,30,34). The van der Waals surface area contributed by atoms with E-state index in [0.717, 1.165) is 37.2 Å². The smallest absolute Gasteiger partial charge is 0.255 e. The predicted molar refractivity (Wildman–Crippen MR) is 137 cm³/mol. The molecule has 5 rings (SSSR count). The summed E-state index contributed by atoms with van der Waals surface area (Å²) in [5, 5.41) is 8.08. The van der Waals surface area contributed by atoms with Crippen molar-refractivity contribution in [2.24, 2.45) is 0 Å². The normalized spacial score (nSPS) is 15.7. The molecule has 6 nitrogen and oxygen atoms in total. The SMILES string of the molecule is COc1ccccc1-c1nn(Cc2ccccc2)cc1C(=O)NC1CCN(Cc2ccccc2)C1. The number of hydrogen-bond acceptors (Lipinski definition) is 4. The monoisotopic (exact) mass is 466 g/mol. The molecule has 4 aromatic rings. The van der Waals surface area contributed by atoms with Crippen molar-refractivity contribution in [3.8, 4) is 17.0 Å². The number of rotatable bonds is 8. The van der Waals surface area contributed by atoms with Gasteiger partial charge in [0.1, 0.15) is 11.4 Å². The van der Waals surface area contributed by atoms with Gasteiger partial charge in [0, 0.05) is 37.4 Å². The van der Waals surface area contributed by atoms with E-state index in [2.05, 4.69) is 46.6 Å². The van der Waals surface area contributed by atoms with Gasteiger partial charge in [0.15, 0.2) is 0 Å². The molecule has 0 spiro atoms. The van der Waals surface area contributed by atoms with Crippen LogP contribution in [0.3, 0.4) is 0 Å². The number of methoxy groups -OCH3 is 1. The third kappa shape index (κ3) is 5.44. The summed E-state index contributed by atoms with van der Waals surface area (Å²) in [6, 6.07) is 28.4. The molecule has 1 aromatic heterocycles. The van der Waals surface area contributed by atoms with Crippen LogP contribution in [0, 0.1) is 0 Å². The van der Waals surface area contributed by atoms with Crippen molar-refractivity contribution in [1.82, 2.24) is 20.0 Å². The van der Waals surface area contributed by atoms with E-state index in [9.17, 15) is 4.79 Å². The predicted octanol–water partition coefficient (Wildman–Crippen LogP) is 4.61. The number of hydrogen-bond donors (Lipinski definition) is 1. The summed E-state index contributed by atoms with van der Waals surface area (Å²) < 4.78 is 7.41. The Labute approximate surface area is 206 Å². The maximum atomic E-state index is 13.5. The summed E-state index contributed by atoms with van der Waals surface area (Å²) in [6.45, 7) is 3.29. The van der Waals surface area contributed by atoms with Crippen LogP contribution < -0.4 is 10.1 Å². The molecule has 0 aliphatic carbocycles. The van der Waals surface area contributed by atoms with E-state index in [1.165, 1.54) is 5.56 Å². The van der Waals surface area contributed by atoms with Gasteiger partial charge >= 0.3 is 0 Å². The number of aromatic nitrogens is 2. The fourth-order valence-electron chi connectivity index (χ4n) is 4.68. The molecule has 1 amide bonds. The molecule has 178 valence electrons. The van der Waals surface area contributed by atoms with Crippen molar-refractivity contribution in [2.75, 3.05) is 20.2 Å². The maximum absolute atomic E-state index is 13.5. The zero-order valence-corrected chi connectivity index (χ0v) is 19.9. The van der Waals surface area contributed by atoms with E-state index >= 15 is 0 Å². The molecule has 1 atom stereocenters. The van der Waals surface area contributed by atoms with Crippen LogP contribution >= 0.6 is 0 Å². The third-order valence-electron chi connectivity index (χ3n) is 6.41. The van der Waals surface area contributed by atoms with E-state index in [0.29, 0.717) is 23.6 Å². The minimum Gasteiger partial charge on any atom is -0.496 e. The Hall–Kier alpha value is -3.90. The topological polar surface area (TPSA) is 59.4 Å². The molecular weight excluding hydrogens is 436 g/mol. The Balaban J connectivity index is 1.36. The van der Waals surface area contributed by atoms with Gasteiger partial charge in [-0.15, -0.1) is 0 Å². The van der Waals surface area contributed by atoms with Crippen LogP contribution in [0.4, 0.5) is 0 Å². The molecule has 1 aliphatic rings. The Kier molecular flexibility index (Phi) is 6.91. The lowest BCUT2D eigenvalue weighted by Gasteiger charge is -2.17. The van der Waals surface area contributed by atoms with Crippen LogP contribution in [0.5, 0.6) is 5.75 Å². The number of benzene rings is 3. The van der Waals surface area contributed by atoms with Crippen LogP contribution in [-0.4, -0.2) is 46.8 Å². The van der Waals surface area contributed by atoms with Gasteiger partial charge in [-0.25, -0.2) is 0 Å². The van der Waals surface area contributed by atoms with E-state index in [1.807, 2.05) is 59.4 Å². The molecule has 1 fully saturated rings. The van der Waals surface area contributed by atoms with E-state index < -0.39 is 0 Å². The second-order valence-corrected chi connectivity index (χ2v) is 8.95. The third-order valence-corrected chi connectivity index (χ3v) is 6.41. The molecule has 0 bridgehead atoms. The maximum Gasteiger partial charge on any atom is 0.255 e. The molecule has 35 heavy (non-hydrogen) atoms. The van der Waals surface area contributed by atoms with Gasteiger partial charge in [0.2, 0.25) is 0 Å². The van der Waals surface area contributed by atoms with Crippen LogP contribution in [0.15, 0.2) is 91.1 Å². The number of nitrogens with zero attached hydrogens (tertiary/aromatic N) is 3. The van der Waals surface area contributed by atoms with Crippen LogP contribution in [0.1, 0.15) is 27.9 Å². The van der Waals surface area contributed by atoms with Crippen molar-refractivity contribution in [1.29, 1.82) is 0 Å². The zero-order valence-electron chi connectivity index (χ0n) is 19.9. The molecule has 1 aliphatic heterocycles. The second kappa shape index (κ2) is 10.6. The van der Waals surface area contributed by atoms with Crippen molar-refractivity contribution >= 4 is 5.91 Å². The first-order valence-corrected chi connectivity index (χ1v) is 12.0. The highest BCUT2D eigenvalue weighted by atomic mass is 16.5. The van der Waals surface area contributed by atoms with E-state index in [1.54, 1.807) is 7.11 Å². The number of para-hydroxylation sites is 1. The molecule has 1 unspecified atom stereocenters. The average molecular weight is 467 g/mol. The zero-order chi connectivity index (χ0) is 24.0. The molecule has 0 radical (unpaired) electrons. The molecule has 1 N–H and O–H groups in total. The Morgan fingerprint density at radius 1 is 0.943 bits per heavy atom. The molecule has 2 heterocycles. The van der Waals surface area contributed by atoms with Gasteiger partial charge in [-0.05, 0) is 29.7 Å². The van der Waals surface area contributed by atoms with Gasteiger partial charge in [-0.3, -0.25) is 14.4 Å². The first kappa shape index (κ1) is 22.9. The minimum absolute atomic E-state index is 0.100. The highest BCUT2D eigenvalue weighted by Gasteiger charge is 2.27. The number of likely N-dealkylation sites (tertiary alicyclic amines) is 1. The molecule has 0 saturated carbocycles. The number of amides is 1. The van der Waals surface area contributed by atoms with Crippen molar-refractivity contribution in [3.63, 3.8) is 0 Å². The van der Waals surface area contributed by atoms with Crippen LogP contribution in [0.2, 0.25) is 0 Å². The Bertz CT molecular complexity index is 1270. The van der Waals surface area contributed by atoms with Crippen molar-refractivity contribution in [2.45, 2.75) is 25.6 Å². The lowest BCUT2D eigenvalue weighted by Crippen LogP contribution is -2.37. The fraction of sp³-hybridized carbons (Fsp3) is 0.241. The summed E-state index contributed by atoms with van der Waals surface area (Å²) in [4.78, 5) is 15.9. The molecule has 1 saturated heterocycles. The van der Waals surface area contributed by atoms with Gasteiger partial charge in [0.05, 0.1) is 19.2 Å². The summed E-state index contributed by atoms with van der Waals surface area (Å²) in [6.07, 6.45) is 2.78. The Morgan fingerprint density at radius 3 is 2.31 bits per heavy atom. The number of carbonyl (C=O) groups excluding carboxylic acids is 1. The fourth-order valence-corrected chi connectivity index (χ4v) is 4.68. The largest absolute Gasteiger partial charge is 0.496 e. The van der Waals surface area contributed by atoms with Gasteiger partial charge < -0.3 is 10.1 Å². The summed E-state index contributed by atoms with van der Waals surface area (Å²) in [5.74, 6) is 0.596. The van der Waals surface area contributed by atoms with Crippen LogP contribution in [-0.2, 0) is 13.1 Å². The Morgan fingerprint density at radius 2 is 1.60 bits per heavy atom. The highest BCUT2D eigenvalue weighted by molar-refractivity contribution is 6.00. The van der Waals surface area contributed by atoms with Gasteiger partial charge in [0.25, 0.3) is 5.91 Å². The van der Waals surface area contributed by atoms with Crippen molar-refractivity contribution in [3.05, 3.63) is 108 Å². The first-order chi connectivity index (χ1) is 17.2. The summed E-state index contributed by atoms with van der Waals surface area (Å²) >= 11 is 0. The summed E-state index contributed by atoms with van der Waals surface area (Å²) in [7, 11) is 1.64. The average Bonchev–Trinajstić information content (AvgIpc) is 3.52.